The molecule has 0 aliphatic rings. The standard InChI is InChI=1S/7C3H6O3.Al.Ti/c7*1-2(4)3(5)6;;/h7*2,4H,1H3,(H,5,6);;/q;;;;;;;+3;+4/p-7. The molecule has 0 radical (unpaired) electrons. The normalized spacial score (nSPS) is 13.0. The van der Waals surface area contributed by atoms with Crippen LogP contribution in [0.3, 0.4) is 0 Å². The SMILES string of the molecule is CC(O)C(=O)[O-].CC(O)C(=O)[O-].CC(O)C(=O)[O-].CC(O)C(=O)[O-].CC(O)C(=O)[O-].CC(O)C(=O)[O-].CC(O)C(=O)[O-].[Al+3].[Ti+4]. The second-order valence-corrected chi connectivity index (χ2v) is 6.97. The van der Waals surface area contributed by atoms with Crippen molar-refractivity contribution in [3.8, 4) is 0 Å². The molecule has 7 unspecified atom stereocenters. The Morgan fingerprint density at radius 2 is 0.341 bits per heavy atom. The number of carboxylic acid groups (broad SMARTS) is 7. The van der Waals surface area contributed by atoms with Crippen molar-refractivity contribution < 1.29 is 127 Å². The van der Waals surface area contributed by atoms with E-state index in [4.69, 9.17) is 35.7 Å². The maximum Gasteiger partial charge on any atom is 4.00 e. The summed E-state index contributed by atoms with van der Waals surface area (Å²) in [6, 6.07) is 0. The van der Waals surface area contributed by atoms with E-state index in [9.17, 15) is 69.3 Å². The summed E-state index contributed by atoms with van der Waals surface area (Å²) in [7, 11) is 0. The van der Waals surface area contributed by atoms with Crippen molar-refractivity contribution in [1.82, 2.24) is 0 Å². The summed E-state index contributed by atoms with van der Waals surface area (Å²) < 4.78 is 0. The number of rotatable bonds is 7. The molecule has 0 saturated carbocycles. The first-order chi connectivity index (χ1) is 18.5. The molecule has 0 bridgehead atoms. The van der Waals surface area contributed by atoms with Crippen LogP contribution in [0.25, 0.3) is 0 Å². The first-order valence-electron chi connectivity index (χ1n) is 10.7. The first kappa shape index (κ1) is 64.3. The van der Waals surface area contributed by atoms with E-state index in [0.717, 1.165) is 48.5 Å². The van der Waals surface area contributed by atoms with Crippen molar-refractivity contribution in [2.24, 2.45) is 0 Å². The monoisotopic (exact) mass is 698 g/mol. The molecule has 0 aliphatic heterocycles. The van der Waals surface area contributed by atoms with E-state index >= 15 is 0 Å². The van der Waals surface area contributed by atoms with Gasteiger partial charge in [0, 0.05) is 0 Å². The van der Waals surface area contributed by atoms with Gasteiger partial charge in [0.05, 0.1) is 84.5 Å². The Bertz CT molecular complexity index is 590. The van der Waals surface area contributed by atoms with Crippen molar-refractivity contribution >= 4 is 59.1 Å². The van der Waals surface area contributed by atoms with Crippen molar-refractivity contribution in [2.45, 2.75) is 91.2 Å². The van der Waals surface area contributed by atoms with Crippen molar-refractivity contribution in [2.75, 3.05) is 0 Å². The summed E-state index contributed by atoms with van der Waals surface area (Å²) in [6.07, 6.45) is -9.40. The van der Waals surface area contributed by atoms with Crippen LogP contribution in [0.15, 0.2) is 0 Å². The summed E-state index contributed by atoms with van der Waals surface area (Å²) in [6.45, 7) is 7.94. The molecular weight excluding hydrogens is 663 g/mol. The van der Waals surface area contributed by atoms with Crippen LogP contribution in [0.2, 0.25) is 0 Å². The van der Waals surface area contributed by atoms with E-state index in [1.54, 1.807) is 0 Å². The Kier molecular flexibility index (Phi) is 58.8. The third kappa shape index (κ3) is 90.1. The largest absolute Gasteiger partial charge is 4.00 e. The molecule has 0 aromatic heterocycles. The molecule has 21 nitrogen and oxygen atoms in total. The summed E-state index contributed by atoms with van der Waals surface area (Å²) in [5.41, 5.74) is 0. The quantitative estimate of drug-likeness (QED) is 0.121. The third-order valence-electron chi connectivity index (χ3n) is 2.39. The van der Waals surface area contributed by atoms with E-state index in [1.165, 1.54) is 0 Å². The predicted octanol–water partition coefficient (Wildman–Crippen LogP) is -13.6. The first-order valence-corrected chi connectivity index (χ1v) is 10.7. The number of aliphatic carboxylic acids is 7. The minimum absolute atomic E-state index is 0. The molecule has 0 heterocycles. The minimum Gasteiger partial charge on any atom is -0.547 e. The number of carboxylic acids is 7. The second-order valence-electron chi connectivity index (χ2n) is 6.97. The Labute approximate surface area is 276 Å². The van der Waals surface area contributed by atoms with Gasteiger partial charge in [-0.2, -0.15) is 0 Å². The number of carbonyl (C=O) groups excluding carboxylic acids is 7. The Morgan fingerprint density at radius 1 is 0.318 bits per heavy atom. The fourth-order valence-electron chi connectivity index (χ4n) is 0. The molecule has 7 atom stereocenters. The molecule has 0 spiro atoms. The van der Waals surface area contributed by atoms with Gasteiger partial charge >= 0.3 is 39.1 Å². The van der Waals surface area contributed by atoms with Crippen LogP contribution in [0.1, 0.15) is 48.5 Å². The third-order valence-corrected chi connectivity index (χ3v) is 2.39. The average molecular weight is 698 g/mol. The van der Waals surface area contributed by atoms with Crippen LogP contribution >= 0.6 is 0 Å². The zero-order chi connectivity index (χ0) is 36.1. The van der Waals surface area contributed by atoms with E-state index in [0.29, 0.717) is 0 Å². The molecule has 252 valence electrons. The van der Waals surface area contributed by atoms with Crippen LogP contribution in [-0.4, -0.2) is 138 Å². The van der Waals surface area contributed by atoms with E-state index in [2.05, 4.69) is 0 Å². The molecule has 0 amide bonds. The van der Waals surface area contributed by atoms with Crippen LogP contribution in [0, 0.1) is 0 Å². The zero-order valence-electron chi connectivity index (χ0n) is 24.5. The number of hydrogen-bond acceptors (Lipinski definition) is 21. The maximum atomic E-state index is 9.34. The van der Waals surface area contributed by atoms with Gasteiger partial charge in [0.15, 0.2) is 0 Å². The number of aliphatic hydroxyl groups is 7. The van der Waals surface area contributed by atoms with Crippen molar-refractivity contribution in [3.63, 3.8) is 0 Å². The molecule has 0 aromatic rings. The van der Waals surface area contributed by atoms with Crippen LogP contribution in [0.4, 0.5) is 0 Å². The van der Waals surface area contributed by atoms with Crippen LogP contribution in [0.5, 0.6) is 0 Å². The van der Waals surface area contributed by atoms with Gasteiger partial charge in [0.1, 0.15) is 0 Å². The second kappa shape index (κ2) is 40.3. The van der Waals surface area contributed by atoms with Gasteiger partial charge in [-0.3, -0.25) is 0 Å². The topological polar surface area (TPSA) is 423 Å². The fourth-order valence-corrected chi connectivity index (χ4v) is 0. The molecule has 7 N–H and O–H groups in total. The summed E-state index contributed by atoms with van der Waals surface area (Å²) >= 11 is 0. The zero-order valence-corrected chi connectivity index (χ0v) is 27.2. The molecule has 0 rings (SSSR count). The fraction of sp³-hybridized carbons (Fsp3) is 0.667. The molecular formula is C21H35AlO21Ti. The van der Waals surface area contributed by atoms with Crippen LogP contribution < -0.4 is 35.7 Å². The molecule has 0 saturated heterocycles. The van der Waals surface area contributed by atoms with Crippen LogP contribution in [-0.2, 0) is 55.3 Å². The molecule has 0 aliphatic carbocycles. The van der Waals surface area contributed by atoms with Gasteiger partial charge in [0.2, 0.25) is 0 Å². The number of aliphatic hydroxyl groups excluding tert-OH is 7. The predicted molar refractivity (Wildman–Crippen MR) is 123 cm³/mol. The Hall–Kier alpha value is -2.74. The van der Waals surface area contributed by atoms with Crippen molar-refractivity contribution in [1.29, 1.82) is 0 Å². The van der Waals surface area contributed by atoms with Gasteiger partial charge in [-0.1, -0.05) is 0 Å². The van der Waals surface area contributed by atoms with Gasteiger partial charge in [0.25, 0.3) is 0 Å². The minimum atomic E-state index is -1.44. The summed E-state index contributed by atoms with van der Waals surface area (Å²) in [5.74, 6) is -10.0. The molecule has 0 aromatic carbocycles. The molecule has 23 heteroatoms. The smallest absolute Gasteiger partial charge is 0.547 e. The number of hydrogen-bond donors (Lipinski definition) is 7. The van der Waals surface area contributed by atoms with E-state index in [-0.39, 0.29) is 39.1 Å². The van der Waals surface area contributed by atoms with E-state index in [1.807, 2.05) is 0 Å². The van der Waals surface area contributed by atoms with Gasteiger partial charge < -0.3 is 105 Å². The summed E-state index contributed by atoms with van der Waals surface area (Å²) in [5, 5.41) is 121. The summed E-state index contributed by atoms with van der Waals surface area (Å²) in [4.78, 5) is 65.4. The van der Waals surface area contributed by atoms with Crippen molar-refractivity contribution in [3.05, 3.63) is 0 Å². The maximum absolute atomic E-state index is 9.34. The average Bonchev–Trinajstić information content (AvgIpc) is 2.80. The van der Waals surface area contributed by atoms with Gasteiger partial charge in [-0.05, 0) is 48.5 Å². The van der Waals surface area contributed by atoms with Gasteiger partial charge in [-0.15, -0.1) is 0 Å². The molecule has 0 fully saturated rings. The van der Waals surface area contributed by atoms with E-state index < -0.39 is 84.5 Å². The number of carbonyl (C=O) groups is 7. The molecule has 44 heavy (non-hydrogen) atoms. The Morgan fingerprint density at radius 3 is 0.341 bits per heavy atom. The Balaban J connectivity index is -0.0000000461. The van der Waals surface area contributed by atoms with Gasteiger partial charge in [-0.25, -0.2) is 0 Å².